The Bertz CT molecular complexity index is 1110. The number of aromatic nitrogens is 1. The summed E-state index contributed by atoms with van der Waals surface area (Å²) in [7, 11) is 0. The number of carbonyl (C=O) groups is 1. The Morgan fingerprint density at radius 1 is 1.19 bits per heavy atom. The molecule has 1 spiro atoms. The van der Waals surface area contributed by atoms with Crippen LogP contribution in [0.25, 0.3) is 0 Å². The van der Waals surface area contributed by atoms with Crippen molar-refractivity contribution in [2.24, 2.45) is 0 Å². The SMILES string of the molecule is C=C/C=C\C=C1/CN(Cc2ccccn2)C(=O)C12COc1cc3c(c(F)c12)OCCO3. The molecule has 4 heterocycles. The van der Waals surface area contributed by atoms with Gasteiger partial charge in [-0.15, -0.1) is 0 Å². The number of benzene rings is 1. The van der Waals surface area contributed by atoms with Gasteiger partial charge in [0.25, 0.3) is 0 Å². The second kappa shape index (κ2) is 7.58. The molecule has 7 heteroatoms. The molecule has 3 aliphatic heterocycles. The molecule has 0 saturated carbocycles. The lowest BCUT2D eigenvalue weighted by atomic mass is 9.76. The molecule has 6 nitrogen and oxygen atoms in total. The van der Waals surface area contributed by atoms with Crippen LogP contribution in [0.3, 0.4) is 0 Å². The highest BCUT2D eigenvalue weighted by Gasteiger charge is 2.58. The van der Waals surface area contributed by atoms with Crippen molar-refractivity contribution in [2.45, 2.75) is 12.0 Å². The molecule has 1 unspecified atom stereocenters. The van der Waals surface area contributed by atoms with E-state index in [1.165, 1.54) is 0 Å². The second-order valence-corrected chi connectivity index (χ2v) is 7.58. The lowest BCUT2D eigenvalue weighted by Crippen LogP contribution is -2.40. The van der Waals surface area contributed by atoms with Crippen LogP contribution in [0.4, 0.5) is 4.39 Å². The molecule has 2 aromatic rings. The Balaban J connectivity index is 1.63. The number of likely N-dealkylation sites (tertiary alicyclic amines) is 1. The first-order valence-corrected chi connectivity index (χ1v) is 10.1. The highest BCUT2D eigenvalue weighted by atomic mass is 19.1. The van der Waals surface area contributed by atoms with Gasteiger partial charge in [0.2, 0.25) is 5.91 Å². The van der Waals surface area contributed by atoms with Gasteiger partial charge in [0.05, 0.1) is 17.8 Å². The summed E-state index contributed by atoms with van der Waals surface area (Å²) in [5.41, 5.74) is 0.468. The predicted octanol–water partition coefficient (Wildman–Crippen LogP) is 3.33. The van der Waals surface area contributed by atoms with Gasteiger partial charge in [-0.2, -0.15) is 0 Å². The number of hydrogen-bond donors (Lipinski definition) is 0. The Hall–Kier alpha value is -3.61. The van der Waals surface area contributed by atoms with E-state index in [0.29, 0.717) is 31.2 Å². The largest absolute Gasteiger partial charge is 0.491 e. The number of rotatable bonds is 4. The monoisotopic (exact) mass is 420 g/mol. The first-order valence-electron chi connectivity index (χ1n) is 10.1. The molecular formula is C24H21FN2O4. The minimum Gasteiger partial charge on any atom is -0.491 e. The number of ether oxygens (including phenoxy) is 3. The molecule has 0 bridgehead atoms. The van der Waals surface area contributed by atoms with Crippen molar-refractivity contribution in [3.63, 3.8) is 0 Å². The summed E-state index contributed by atoms with van der Waals surface area (Å²) in [6, 6.07) is 7.18. The summed E-state index contributed by atoms with van der Waals surface area (Å²) in [6.45, 7) is 4.96. The summed E-state index contributed by atoms with van der Waals surface area (Å²) in [5, 5.41) is 0. The van der Waals surface area contributed by atoms with Gasteiger partial charge >= 0.3 is 0 Å². The normalized spacial score (nSPS) is 22.9. The number of carbonyl (C=O) groups excluding carboxylic acids is 1. The van der Waals surface area contributed by atoms with Crippen molar-refractivity contribution >= 4 is 5.91 Å². The maximum absolute atomic E-state index is 15.7. The van der Waals surface area contributed by atoms with Crippen LogP contribution in [0.15, 0.2) is 66.9 Å². The van der Waals surface area contributed by atoms with Crippen LogP contribution < -0.4 is 14.2 Å². The average Bonchev–Trinajstić information content (AvgIpc) is 3.30. The number of amides is 1. The third kappa shape index (κ3) is 3.00. The minimum atomic E-state index is -1.25. The molecule has 0 aliphatic carbocycles. The maximum Gasteiger partial charge on any atom is 0.241 e. The lowest BCUT2D eigenvalue weighted by Gasteiger charge is -2.25. The Labute approximate surface area is 179 Å². The zero-order valence-corrected chi connectivity index (χ0v) is 16.8. The smallest absolute Gasteiger partial charge is 0.241 e. The van der Waals surface area contributed by atoms with Crippen molar-refractivity contribution in [1.82, 2.24) is 9.88 Å². The molecule has 1 saturated heterocycles. The Morgan fingerprint density at radius 3 is 2.87 bits per heavy atom. The van der Waals surface area contributed by atoms with Gasteiger partial charge in [-0.05, 0) is 17.7 Å². The van der Waals surface area contributed by atoms with E-state index in [9.17, 15) is 4.79 Å². The van der Waals surface area contributed by atoms with E-state index in [2.05, 4.69) is 11.6 Å². The van der Waals surface area contributed by atoms with Crippen LogP contribution in [0.2, 0.25) is 0 Å². The van der Waals surface area contributed by atoms with E-state index in [-0.39, 0.29) is 30.4 Å². The maximum atomic E-state index is 15.7. The number of allylic oxidation sites excluding steroid dienone is 4. The fourth-order valence-corrected chi connectivity index (χ4v) is 4.40. The summed E-state index contributed by atoms with van der Waals surface area (Å²) < 4.78 is 32.6. The second-order valence-electron chi connectivity index (χ2n) is 7.58. The van der Waals surface area contributed by atoms with Crippen LogP contribution >= 0.6 is 0 Å². The zero-order chi connectivity index (χ0) is 21.4. The van der Waals surface area contributed by atoms with E-state index < -0.39 is 11.2 Å². The van der Waals surface area contributed by atoms with Gasteiger partial charge in [-0.25, -0.2) is 4.39 Å². The lowest BCUT2D eigenvalue weighted by molar-refractivity contribution is -0.133. The summed E-state index contributed by atoms with van der Waals surface area (Å²) >= 11 is 0. The molecular weight excluding hydrogens is 399 g/mol. The highest BCUT2D eigenvalue weighted by Crippen LogP contribution is 2.54. The van der Waals surface area contributed by atoms with Gasteiger partial charge in [0.15, 0.2) is 17.3 Å². The number of halogens is 1. The van der Waals surface area contributed by atoms with Gasteiger partial charge < -0.3 is 19.1 Å². The molecule has 3 aliphatic rings. The zero-order valence-electron chi connectivity index (χ0n) is 16.8. The van der Waals surface area contributed by atoms with Crippen LogP contribution in [0.1, 0.15) is 11.3 Å². The molecule has 1 amide bonds. The summed E-state index contributed by atoms with van der Waals surface area (Å²) in [5.74, 6) is -0.172. The third-order valence-corrected chi connectivity index (χ3v) is 5.79. The molecule has 158 valence electrons. The van der Waals surface area contributed by atoms with E-state index in [1.807, 2.05) is 24.3 Å². The predicted molar refractivity (Wildman–Crippen MR) is 112 cm³/mol. The molecule has 1 fully saturated rings. The molecule has 1 atom stereocenters. The summed E-state index contributed by atoms with van der Waals surface area (Å²) in [4.78, 5) is 19.8. The minimum absolute atomic E-state index is 0.0213. The molecule has 0 N–H and O–H groups in total. The standard InChI is InChI=1S/C24H21FN2O4/c1-2-3-4-7-16-13-27(14-17-8-5-6-9-26-17)23(28)24(16)15-31-18-12-19-22(21(25)20(18)24)30-11-10-29-19/h2-9,12H,1,10-11,13-15H2/b4-3-,16-7+. The topological polar surface area (TPSA) is 60.9 Å². The molecule has 1 aromatic carbocycles. The number of hydrogen-bond acceptors (Lipinski definition) is 5. The fourth-order valence-electron chi connectivity index (χ4n) is 4.40. The quantitative estimate of drug-likeness (QED) is 0.710. The van der Waals surface area contributed by atoms with Gasteiger partial charge in [-0.3, -0.25) is 9.78 Å². The van der Waals surface area contributed by atoms with Crippen molar-refractivity contribution < 1.29 is 23.4 Å². The first kappa shape index (κ1) is 19.4. The third-order valence-electron chi connectivity index (χ3n) is 5.79. The number of fused-ring (bicyclic) bond motifs is 3. The molecule has 5 rings (SSSR count). The number of nitrogens with zero attached hydrogens (tertiary/aromatic N) is 2. The van der Waals surface area contributed by atoms with E-state index in [0.717, 1.165) is 11.3 Å². The molecule has 1 aromatic heterocycles. The van der Waals surface area contributed by atoms with Crippen molar-refractivity contribution in [2.75, 3.05) is 26.4 Å². The fraction of sp³-hybridized carbons (Fsp3) is 0.250. The van der Waals surface area contributed by atoms with Crippen LogP contribution in [-0.4, -0.2) is 42.2 Å². The van der Waals surface area contributed by atoms with Gasteiger partial charge in [0, 0.05) is 18.8 Å². The van der Waals surface area contributed by atoms with Crippen LogP contribution in [0.5, 0.6) is 17.2 Å². The highest BCUT2D eigenvalue weighted by molar-refractivity contribution is 5.97. The first-order chi connectivity index (χ1) is 15.1. The van der Waals surface area contributed by atoms with Gasteiger partial charge in [-0.1, -0.05) is 36.9 Å². The van der Waals surface area contributed by atoms with Crippen molar-refractivity contribution in [1.29, 1.82) is 0 Å². The van der Waals surface area contributed by atoms with E-state index in [1.54, 1.807) is 35.4 Å². The Morgan fingerprint density at radius 2 is 2.06 bits per heavy atom. The average molecular weight is 420 g/mol. The van der Waals surface area contributed by atoms with Crippen LogP contribution in [-0.2, 0) is 16.8 Å². The molecule has 0 radical (unpaired) electrons. The van der Waals surface area contributed by atoms with Crippen molar-refractivity contribution in [3.05, 3.63) is 84.0 Å². The molecule has 31 heavy (non-hydrogen) atoms. The van der Waals surface area contributed by atoms with Crippen LogP contribution in [0, 0.1) is 5.82 Å². The summed E-state index contributed by atoms with van der Waals surface area (Å²) in [6.07, 6.45) is 8.74. The number of pyridine rings is 1. The van der Waals surface area contributed by atoms with Gasteiger partial charge in [0.1, 0.15) is 31.0 Å². The van der Waals surface area contributed by atoms with E-state index >= 15 is 4.39 Å². The van der Waals surface area contributed by atoms with E-state index in [4.69, 9.17) is 14.2 Å². The van der Waals surface area contributed by atoms with Crippen molar-refractivity contribution in [3.8, 4) is 17.2 Å². The Kier molecular flexibility index (Phi) is 4.73.